The smallest absolute Gasteiger partial charge is 0.270 e. The minimum absolute atomic E-state index is 0.0251. The number of non-ortho nitro benzene ring substituents is 1. The Balaban J connectivity index is 1.83. The molecular formula is C16H16ClN7O4. The van der Waals surface area contributed by atoms with Crippen LogP contribution in [0.3, 0.4) is 0 Å². The van der Waals surface area contributed by atoms with Gasteiger partial charge in [0.15, 0.2) is 5.82 Å². The maximum atomic E-state index is 12.7. The second-order valence-corrected chi connectivity index (χ2v) is 6.77. The first-order valence-corrected chi connectivity index (χ1v) is 8.67. The Hall–Kier alpha value is -3.34. The van der Waals surface area contributed by atoms with Crippen LogP contribution in [0.5, 0.6) is 0 Å². The Labute approximate surface area is 163 Å². The number of aromatic amines is 1. The first kappa shape index (κ1) is 19.4. The molecule has 0 aliphatic carbocycles. The molecular weight excluding hydrogens is 390 g/mol. The van der Waals surface area contributed by atoms with Gasteiger partial charge in [-0.3, -0.25) is 20.0 Å². The van der Waals surface area contributed by atoms with Gasteiger partial charge in [0.1, 0.15) is 12.4 Å². The molecule has 0 bridgehead atoms. The van der Waals surface area contributed by atoms with E-state index in [2.05, 4.69) is 30.6 Å². The molecule has 2 heterocycles. The van der Waals surface area contributed by atoms with Crippen molar-refractivity contribution in [2.75, 3.05) is 0 Å². The molecule has 11 nitrogen and oxygen atoms in total. The first-order valence-electron chi connectivity index (χ1n) is 8.29. The molecule has 0 saturated carbocycles. The highest BCUT2D eigenvalue weighted by Crippen LogP contribution is 2.25. The molecule has 0 aliphatic heterocycles. The summed E-state index contributed by atoms with van der Waals surface area (Å²) < 4.78 is 5.28. The largest absolute Gasteiger partial charge is 0.340 e. The zero-order valence-corrected chi connectivity index (χ0v) is 15.7. The van der Waals surface area contributed by atoms with Gasteiger partial charge in [-0.2, -0.15) is 10.1 Å². The third-order valence-electron chi connectivity index (χ3n) is 3.79. The highest BCUT2D eigenvalue weighted by Gasteiger charge is 2.25. The Morgan fingerprint density at radius 3 is 2.82 bits per heavy atom. The van der Waals surface area contributed by atoms with Gasteiger partial charge >= 0.3 is 0 Å². The summed E-state index contributed by atoms with van der Waals surface area (Å²) in [6, 6.07) is 3.06. The van der Waals surface area contributed by atoms with Gasteiger partial charge < -0.3 is 9.84 Å². The fraction of sp³-hybridized carbons (Fsp3) is 0.312. The van der Waals surface area contributed by atoms with Crippen molar-refractivity contribution in [1.82, 2.24) is 30.6 Å². The number of hydrogen-bond acceptors (Lipinski definition) is 8. The zero-order chi connectivity index (χ0) is 20.3. The molecule has 0 unspecified atom stereocenters. The van der Waals surface area contributed by atoms with E-state index in [1.165, 1.54) is 18.5 Å². The van der Waals surface area contributed by atoms with Gasteiger partial charge in [0.05, 0.1) is 15.5 Å². The van der Waals surface area contributed by atoms with Gasteiger partial charge in [0, 0.05) is 12.1 Å². The highest BCUT2D eigenvalue weighted by atomic mass is 35.5. The number of carbonyl (C=O) groups is 1. The lowest BCUT2D eigenvalue weighted by molar-refractivity contribution is -0.384. The number of rotatable bonds is 7. The predicted octanol–water partition coefficient (Wildman–Crippen LogP) is 2.93. The van der Waals surface area contributed by atoms with Crippen molar-refractivity contribution in [3.63, 3.8) is 0 Å². The van der Waals surface area contributed by atoms with Gasteiger partial charge in [-0.1, -0.05) is 30.6 Å². The molecule has 2 N–H and O–H groups in total. The summed E-state index contributed by atoms with van der Waals surface area (Å²) in [5, 5.41) is 23.8. The number of nitro groups is 1. The SMILES string of the molecule is CC(C)C[C@@H](NC(=O)c1ccc([N+](=O)[O-])cc1Cl)c1nc(-c2ncn[nH]2)no1. The second kappa shape index (κ2) is 8.13. The topological polar surface area (TPSA) is 153 Å². The van der Waals surface area contributed by atoms with Gasteiger partial charge in [0.2, 0.25) is 11.7 Å². The highest BCUT2D eigenvalue weighted by molar-refractivity contribution is 6.34. The number of nitro benzene ring substituents is 1. The van der Waals surface area contributed by atoms with E-state index in [4.69, 9.17) is 16.1 Å². The van der Waals surface area contributed by atoms with Crippen molar-refractivity contribution in [2.24, 2.45) is 5.92 Å². The molecule has 3 aromatic rings. The monoisotopic (exact) mass is 405 g/mol. The quantitative estimate of drug-likeness (QED) is 0.449. The van der Waals surface area contributed by atoms with E-state index in [1.807, 2.05) is 13.8 Å². The molecule has 1 amide bonds. The molecule has 0 radical (unpaired) electrons. The Kier molecular flexibility index (Phi) is 5.64. The number of amides is 1. The van der Waals surface area contributed by atoms with Crippen LogP contribution in [0.25, 0.3) is 11.6 Å². The zero-order valence-electron chi connectivity index (χ0n) is 14.9. The number of H-pyrrole nitrogens is 1. The summed E-state index contributed by atoms with van der Waals surface area (Å²) >= 11 is 6.04. The van der Waals surface area contributed by atoms with Crippen LogP contribution >= 0.6 is 11.6 Å². The summed E-state index contributed by atoms with van der Waals surface area (Å²) in [5.41, 5.74) is -0.0927. The molecule has 0 fully saturated rings. The van der Waals surface area contributed by atoms with Crippen molar-refractivity contribution in [3.8, 4) is 11.6 Å². The third kappa shape index (κ3) is 4.31. The van der Waals surface area contributed by atoms with Crippen LogP contribution in [0, 0.1) is 16.0 Å². The van der Waals surface area contributed by atoms with E-state index in [9.17, 15) is 14.9 Å². The summed E-state index contributed by atoms with van der Waals surface area (Å²) in [6.07, 6.45) is 1.84. The molecule has 28 heavy (non-hydrogen) atoms. The van der Waals surface area contributed by atoms with E-state index >= 15 is 0 Å². The Morgan fingerprint density at radius 1 is 1.43 bits per heavy atom. The van der Waals surface area contributed by atoms with Crippen LogP contribution < -0.4 is 5.32 Å². The van der Waals surface area contributed by atoms with E-state index in [0.717, 1.165) is 6.07 Å². The van der Waals surface area contributed by atoms with Crippen molar-refractivity contribution >= 4 is 23.2 Å². The fourth-order valence-electron chi connectivity index (χ4n) is 2.52. The first-order chi connectivity index (χ1) is 13.3. The van der Waals surface area contributed by atoms with Gasteiger partial charge in [-0.05, 0) is 18.4 Å². The summed E-state index contributed by atoms with van der Waals surface area (Å²) in [7, 11) is 0. The van der Waals surface area contributed by atoms with Crippen LogP contribution in [0.4, 0.5) is 5.69 Å². The van der Waals surface area contributed by atoms with Crippen LogP contribution in [0.15, 0.2) is 29.0 Å². The standard InChI is InChI=1S/C16H16ClN7O4/c1-8(2)5-12(16-21-14(23-28-16)13-18-7-19-22-13)20-15(25)10-4-3-9(24(26)27)6-11(10)17/h3-4,6-8,12H,5H2,1-2H3,(H,20,25)(H,18,19,22)/t12-/m1/s1. The molecule has 3 rings (SSSR count). The molecule has 1 aromatic carbocycles. The summed E-state index contributed by atoms with van der Waals surface area (Å²) in [6.45, 7) is 3.96. The van der Waals surface area contributed by atoms with E-state index in [0.29, 0.717) is 12.2 Å². The number of carbonyl (C=O) groups excluding carboxylic acids is 1. The maximum absolute atomic E-state index is 12.7. The van der Waals surface area contributed by atoms with Crippen LogP contribution in [0.1, 0.15) is 42.6 Å². The minimum atomic E-state index is -0.585. The number of nitrogens with zero attached hydrogens (tertiary/aromatic N) is 5. The number of benzene rings is 1. The van der Waals surface area contributed by atoms with Crippen molar-refractivity contribution in [2.45, 2.75) is 26.3 Å². The third-order valence-corrected chi connectivity index (χ3v) is 4.10. The Morgan fingerprint density at radius 2 is 2.21 bits per heavy atom. The molecule has 0 spiro atoms. The van der Waals surface area contributed by atoms with Gasteiger partial charge in [0.25, 0.3) is 11.6 Å². The van der Waals surface area contributed by atoms with E-state index < -0.39 is 16.9 Å². The average Bonchev–Trinajstić information content (AvgIpc) is 3.31. The summed E-state index contributed by atoms with van der Waals surface area (Å²) in [5.74, 6) is 0.446. The number of aromatic nitrogens is 5. The predicted molar refractivity (Wildman–Crippen MR) is 97.4 cm³/mol. The fourth-order valence-corrected chi connectivity index (χ4v) is 2.78. The number of nitrogens with one attached hydrogen (secondary N) is 2. The lowest BCUT2D eigenvalue weighted by Crippen LogP contribution is -2.30. The van der Waals surface area contributed by atoms with E-state index in [1.54, 1.807) is 0 Å². The van der Waals surface area contributed by atoms with Gasteiger partial charge in [-0.15, -0.1) is 0 Å². The normalized spacial score (nSPS) is 12.1. The average molecular weight is 406 g/mol. The lowest BCUT2D eigenvalue weighted by atomic mass is 10.0. The minimum Gasteiger partial charge on any atom is -0.340 e. The number of halogens is 1. The van der Waals surface area contributed by atoms with Crippen molar-refractivity contribution in [1.29, 1.82) is 0 Å². The van der Waals surface area contributed by atoms with Crippen molar-refractivity contribution < 1.29 is 14.2 Å². The molecule has 0 aliphatic rings. The van der Waals surface area contributed by atoms with Crippen molar-refractivity contribution in [3.05, 3.63) is 51.1 Å². The molecule has 12 heteroatoms. The second-order valence-electron chi connectivity index (χ2n) is 6.37. The van der Waals surface area contributed by atoms with Crippen LogP contribution in [-0.4, -0.2) is 36.2 Å². The lowest BCUT2D eigenvalue weighted by Gasteiger charge is -2.17. The van der Waals surface area contributed by atoms with Crippen LogP contribution in [-0.2, 0) is 0 Å². The molecule has 146 valence electrons. The Bertz CT molecular complexity index is 987. The summed E-state index contributed by atoms with van der Waals surface area (Å²) in [4.78, 5) is 31.1. The molecule has 0 saturated heterocycles. The molecule has 1 atom stereocenters. The molecule has 2 aromatic heterocycles. The maximum Gasteiger partial charge on any atom is 0.270 e. The van der Waals surface area contributed by atoms with Gasteiger partial charge in [-0.25, -0.2) is 4.98 Å². The van der Waals surface area contributed by atoms with E-state index in [-0.39, 0.29) is 33.9 Å². The number of hydrogen-bond donors (Lipinski definition) is 2. The van der Waals surface area contributed by atoms with Crippen LogP contribution in [0.2, 0.25) is 5.02 Å².